The number of carboxylic acids is 1. The van der Waals surface area contributed by atoms with Gasteiger partial charge in [-0.2, -0.15) is 0 Å². The molecule has 0 aliphatic carbocycles. The van der Waals surface area contributed by atoms with E-state index in [1.807, 2.05) is 11.9 Å². The molecule has 0 fully saturated rings. The van der Waals surface area contributed by atoms with Crippen LogP contribution in [0.3, 0.4) is 0 Å². The van der Waals surface area contributed by atoms with E-state index < -0.39 is 5.97 Å². The van der Waals surface area contributed by atoms with E-state index in [0.29, 0.717) is 5.56 Å². The smallest absolute Gasteiger partial charge is 0.328 e. The Morgan fingerprint density at radius 3 is 2.50 bits per heavy atom. The molecule has 1 atom stereocenters. The Labute approximate surface area is 119 Å². The molecular formula is C16H22FNO2. The Morgan fingerprint density at radius 2 is 2.00 bits per heavy atom. The lowest BCUT2D eigenvalue weighted by Crippen LogP contribution is -2.39. The second-order valence-corrected chi connectivity index (χ2v) is 6.03. The molecule has 1 aromatic rings. The third kappa shape index (κ3) is 4.08. The highest BCUT2D eigenvalue weighted by Crippen LogP contribution is 2.30. The number of halogens is 1. The molecule has 0 spiro atoms. The van der Waals surface area contributed by atoms with Crippen LogP contribution in [0.1, 0.15) is 33.3 Å². The second-order valence-electron chi connectivity index (χ2n) is 6.03. The van der Waals surface area contributed by atoms with Crippen LogP contribution in [0, 0.1) is 11.2 Å². The van der Waals surface area contributed by atoms with Crippen LogP contribution in [0.25, 0.3) is 6.08 Å². The minimum Gasteiger partial charge on any atom is -0.478 e. The van der Waals surface area contributed by atoms with E-state index in [4.69, 9.17) is 5.11 Å². The van der Waals surface area contributed by atoms with Crippen LogP contribution in [0.15, 0.2) is 24.3 Å². The summed E-state index contributed by atoms with van der Waals surface area (Å²) in [5.74, 6) is -1.43. The average Bonchev–Trinajstić information content (AvgIpc) is 2.33. The number of nitrogens with zero attached hydrogens (tertiary/aromatic N) is 1. The van der Waals surface area contributed by atoms with E-state index in [1.54, 1.807) is 6.07 Å². The largest absolute Gasteiger partial charge is 0.478 e. The summed E-state index contributed by atoms with van der Waals surface area (Å²) in [6.07, 6.45) is 2.44. The molecule has 110 valence electrons. The van der Waals surface area contributed by atoms with Gasteiger partial charge in [0.25, 0.3) is 0 Å². The first-order valence-electron chi connectivity index (χ1n) is 6.56. The number of anilines is 1. The number of hydrogen-bond acceptors (Lipinski definition) is 2. The first kappa shape index (κ1) is 16.2. The van der Waals surface area contributed by atoms with Gasteiger partial charge in [0.05, 0.1) is 0 Å². The molecule has 0 bridgehead atoms. The molecule has 1 aromatic carbocycles. The average molecular weight is 279 g/mol. The molecule has 0 saturated carbocycles. The number of aliphatic carboxylic acids is 1. The van der Waals surface area contributed by atoms with Crippen molar-refractivity contribution in [2.24, 2.45) is 5.41 Å². The van der Waals surface area contributed by atoms with E-state index in [9.17, 15) is 9.18 Å². The van der Waals surface area contributed by atoms with Gasteiger partial charge in [0, 0.05) is 30.4 Å². The van der Waals surface area contributed by atoms with Crippen LogP contribution < -0.4 is 4.90 Å². The normalized spacial score (nSPS) is 13.5. The van der Waals surface area contributed by atoms with E-state index in [0.717, 1.165) is 11.8 Å². The molecule has 0 aliphatic rings. The van der Waals surface area contributed by atoms with Gasteiger partial charge in [0.1, 0.15) is 5.82 Å². The van der Waals surface area contributed by atoms with E-state index >= 15 is 0 Å². The van der Waals surface area contributed by atoms with Crippen molar-refractivity contribution < 1.29 is 14.3 Å². The Bertz CT molecular complexity index is 518. The second kappa shape index (κ2) is 6.07. The molecule has 0 aromatic heterocycles. The number of rotatable bonds is 4. The molecular weight excluding hydrogens is 257 g/mol. The monoisotopic (exact) mass is 279 g/mol. The van der Waals surface area contributed by atoms with Crippen molar-refractivity contribution in [1.82, 2.24) is 0 Å². The molecule has 20 heavy (non-hydrogen) atoms. The number of carboxylic acid groups (broad SMARTS) is 1. The zero-order valence-electron chi connectivity index (χ0n) is 12.6. The van der Waals surface area contributed by atoms with Crippen molar-refractivity contribution in [2.45, 2.75) is 33.7 Å². The Kier molecular flexibility index (Phi) is 4.93. The van der Waals surface area contributed by atoms with Gasteiger partial charge in [0.2, 0.25) is 0 Å². The van der Waals surface area contributed by atoms with E-state index in [2.05, 4.69) is 27.7 Å². The zero-order valence-corrected chi connectivity index (χ0v) is 12.6. The summed E-state index contributed by atoms with van der Waals surface area (Å²) >= 11 is 0. The van der Waals surface area contributed by atoms with Crippen LogP contribution >= 0.6 is 0 Å². The first-order chi connectivity index (χ1) is 9.12. The predicted octanol–water partition coefficient (Wildman–Crippen LogP) is 3.79. The van der Waals surface area contributed by atoms with Gasteiger partial charge in [-0.05, 0) is 36.6 Å². The van der Waals surface area contributed by atoms with Crippen molar-refractivity contribution in [3.05, 3.63) is 35.7 Å². The van der Waals surface area contributed by atoms with E-state index in [-0.39, 0.29) is 17.3 Å². The highest BCUT2D eigenvalue weighted by atomic mass is 19.1. The molecule has 0 saturated heterocycles. The van der Waals surface area contributed by atoms with Crippen LogP contribution in [-0.4, -0.2) is 24.2 Å². The zero-order chi connectivity index (χ0) is 15.5. The molecule has 3 nitrogen and oxygen atoms in total. The summed E-state index contributed by atoms with van der Waals surface area (Å²) in [5.41, 5.74) is 1.43. The fraction of sp³-hybridized carbons (Fsp3) is 0.438. The van der Waals surface area contributed by atoms with Crippen molar-refractivity contribution >= 4 is 17.7 Å². The molecule has 0 radical (unpaired) electrons. The lowest BCUT2D eigenvalue weighted by molar-refractivity contribution is -0.131. The van der Waals surface area contributed by atoms with Crippen molar-refractivity contribution in [1.29, 1.82) is 0 Å². The number of hydrogen-bond donors (Lipinski definition) is 1. The fourth-order valence-corrected chi connectivity index (χ4v) is 1.93. The maximum absolute atomic E-state index is 13.4. The maximum atomic E-state index is 13.4. The summed E-state index contributed by atoms with van der Waals surface area (Å²) in [7, 11) is 1.93. The van der Waals surface area contributed by atoms with Crippen LogP contribution in [0.5, 0.6) is 0 Å². The summed E-state index contributed by atoms with van der Waals surface area (Å²) < 4.78 is 13.4. The predicted molar refractivity (Wildman–Crippen MR) is 80.4 cm³/mol. The van der Waals surface area contributed by atoms with Crippen LogP contribution in [0.4, 0.5) is 10.1 Å². The molecule has 0 amide bonds. The SMILES string of the molecule is CC(N(C)c1ccc(F)cc1C=CC(=O)O)C(C)(C)C. The van der Waals surface area contributed by atoms with Gasteiger partial charge < -0.3 is 10.0 Å². The third-order valence-corrected chi connectivity index (χ3v) is 3.61. The molecule has 0 aliphatic heterocycles. The van der Waals surface area contributed by atoms with Gasteiger partial charge in [0.15, 0.2) is 0 Å². The van der Waals surface area contributed by atoms with Gasteiger partial charge in [-0.25, -0.2) is 9.18 Å². The highest BCUT2D eigenvalue weighted by Gasteiger charge is 2.25. The third-order valence-electron chi connectivity index (χ3n) is 3.61. The quantitative estimate of drug-likeness (QED) is 0.852. The standard InChI is InChI=1S/C16H22FNO2/c1-11(16(2,3)4)18(5)14-8-7-13(17)10-12(14)6-9-15(19)20/h6-11H,1-5H3,(H,19,20). The molecule has 4 heteroatoms. The van der Waals surface area contributed by atoms with Gasteiger partial charge >= 0.3 is 5.97 Å². The molecule has 1 unspecified atom stereocenters. The Hall–Kier alpha value is -1.84. The van der Waals surface area contributed by atoms with Gasteiger partial charge in [-0.15, -0.1) is 0 Å². The Morgan fingerprint density at radius 1 is 1.40 bits per heavy atom. The molecule has 1 N–H and O–H groups in total. The molecule has 1 rings (SSSR count). The first-order valence-corrected chi connectivity index (χ1v) is 6.56. The topological polar surface area (TPSA) is 40.5 Å². The molecule has 0 heterocycles. The summed E-state index contributed by atoms with van der Waals surface area (Å²) in [6.45, 7) is 8.48. The van der Waals surface area contributed by atoms with Crippen LogP contribution in [0.2, 0.25) is 0 Å². The van der Waals surface area contributed by atoms with E-state index in [1.165, 1.54) is 18.2 Å². The summed E-state index contributed by atoms with van der Waals surface area (Å²) in [5, 5.41) is 8.72. The lowest BCUT2D eigenvalue weighted by Gasteiger charge is -2.37. The van der Waals surface area contributed by atoms with Crippen molar-refractivity contribution in [3.63, 3.8) is 0 Å². The lowest BCUT2D eigenvalue weighted by atomic mass is 9.86. The highest BCUT2D eigenvalue weighted by molar-refractivity contribution is 5.87. The van der Waals surface area contributed by atoms with Crippen molar-refractivity contribution in [3.8, 4) is 0 Å². The minimum atomic E-state index is -1.05. The minimum absolute atomic E-state index is 0.0525. The summed E-state index contributed by atoms with van der Waals surface area (Å²) in [6, 6.07) is 4.63. The number of carbonyl (C=O) groups is 1. The fourth-order valence-electron chi connectivity index (χ4n) is 1.93. The summed E-state index contributed by atoms with van der Waals surface area (Å²) in [4.78, 5) is 12.7. The van der Waals surface area contributed by atoms with Crippen molar-refractivity contribution in [2.75, 3.05) is 11.9 Å². The van der Waals surface area contributed by atoms with Gasteiger partial charge in [-0.3, -0.25) is 0 Å². The van der Waals surface area contributed by atoms with Crippen LogP contribution in [-0.2, 0) is 4.79 Å². The van der Waals surface area contributed by atoms with Gasteiger partial charge in [-0.1, -0.05) is 20.8 Å². The Balaban J connectivity index is 3.20. The number of benzene rings is 1. The maximum Gasteiger partial charge on any atom is 0.328 e.